The van der Waals surface area contributed by atoms with Gasteiger partial charge in [0.2, 0.25) is 0 Å². The Hall–Kier alpha value is -2.29. The summed E-state index contributed by atoms with van der Waals surface area (Å²) < 4.78 is 11.4. The number of benzene rings is 2. The molecule has 0 amide bonds. The predicted molar refractivity (Wildman–Crippen MR) is 88.0 cm³/mol. The fourth-order valence-electron chi connectivity index (χ4n) is 2.38. The van der Waals surface area contributed by atoms with E-state index < -0.39 is 0 Å². The second-order valence-electron chi connectivity index (χ2n) is 5.67. The lowest BCUT2D eigenvalue weighted by molar-refractivity contribution is 0.112. The molecule has 0 aliphatic carbocycles. The van der Waals surface area contributed by atoms with E-state index in [-0.39, 0.29) is 0 Å². The number of ether oxygens (including phenoxy) is 2. The third kappa shape index (κ3) is 3.67. The number of rotatable bonds is 6. The van der Waals surface area contributed by atoms with E-state index in [1.807, 2.05) is 13.0 Å². The molecule has 0 atom stereocenters. The van der Waals surface area contributed by atoms with Crippen LogP contribution in [-0.2, 0) is 6.61 Å². The average molecular weight is 298 g/mol. The topological polar surface area (TPSA) is 35.5 Å². The molecule has 0 aromatic heterocycles. The van der Waals surface area contributed by atoms with Gasteiger partial charge in [-0.1, -0.05) is 26.0 Å². The van der Waals surface area contributed by atoms with E-state index in [2.05, 4.69) is 26.0 Å². The highest BCUT2D eigenvalue weighted by atomic mass is 16.5. The van der Waals surface area contributed by atoms with Gasteiger partial charge in [-0.3, -0.25) is 4.79 Å². The highest BCUT2D eigenvalue weighted by Gasteiger charge is 2.10. The maximum atomic E-state index is 10.9. The summed E-state index contributed by atoms with van der Waals surface area (Å²) in [6.45, 7) is 6.70. The second-order valence-corrected chi connectivity index (χ2v) is 5.67. The van der Waals surface area contributed by atoms with E-state index in [4.69, 9.17) is 9.47 Å². The van der Waals surface area contributed by atoms with Crippen molar-refractivity contribution in [3.05, 3.63) is 58.7 Å². The van der Waals surface area contributed by atoms with Crippen LogP contribution < -0.4 is 9.47 Å². The molecular formula is C19H22O3. The van der Waals surface area contributed by atoms with Crippen molar-refractivity contribution in [3.63, 3.8) is 0 Å². The number of aldehydes is 1. The van der Waals surface area contributed by atoms with Crippen LogP contribution in [0.25, 0.3) is 0 Å². The van der Waals surface area contributed by atoms with Crippen LogP contribution in [-0.4, -0.2) is 13.4 Å². The fourth-order valence-corrected chi connectivity index (χ4v) is 2.38. The summed E-state index contributed by atoms with van der Waals surface area (Å²) >= 11 is 0. The van der Waals surface area contributed by atoms with Gasteiger partial charge in [-0.2, -0.15) is 0 Å². The zero-order chi connectivity index (χ0) is 16.1. The van der Waals surface area contributed by atoms with Gasteiger partial charge >= 0.3 is 0 Å². The first-order valence-corrected chi connectivity index (χ1v) is 7.40. The number of hydrogen-bond donors (Lipinski definition) is 0. The van der Waals surface area contributed by atoms with E-state index in [9.17, 15) is 4.79 Å². The molecule has 0 heterocycles. The van der Waals surface area contributed by atoms with Crippen molar-refractivity contribution in [2.24, 2.45) is 0 Å². The molecule has 2 aromatic rings. The summed E-state index contributed by atoms with van der Waals surface area (Å²) in [4.78, 5) is 10.9. The Kier molecular flexibility index (Phi) is 5.21. The molecule has 2 rings (SSSR count). The predicted octanol–water partition coefficient (Wildman–Crippen LogP) is 4.52. The van der Waals surface area contributed by atoms with Crippen molar-refractivity contribution < 1.29 is 14.3 Å². The monoisotopic (exact) mass is 298 g/mol. The van der Waals surface area contributed by atoms with Crippen LogP contribution in [0.5, 0.6) is 11.5 Å². The highest BCUT2D eigenvalue weighted by Crippen LogP contribution is 2.29. The van der Waals surface area contributed by atoms with Crippen LogP contribution in [0, 0.1) is 6.92 Å². The van der Waals surface area contributed by atoms with E-state index in [1.165, 1.54) is 5.56 Å². The Morgan fingerprint density at radius 3 is 2.50 bits per heavy atom. The van der Waals surface area contributed by atoms with E-state index in [0.29, 0.717) is 18.1 Å². The smallest absolute Gasteiger partial charge is 0.150 e. The summed E-state index contributed by atoms with van der Waals surface area (Å²) in [5.74, 6) is 2.00. The maximum Gasteiger partial charge on any atom is 0.150 e. The Bertz CT molecular complexity index is 660. The molecule has 2 aromatic carbocycles. The first kappa shape index (κ1) is 16.1. The van der Waals surface area contributed by atoms with Crippen molar-refractivity contribution in [1.82, 2.24) is 0 Å². The highest BCUT2D eigenvalue weighted by molar-refractivity contribution is 5.75. The van der Waals surface area contributed by atoms with E-state index >= 15 is 0 Å². The molecule has 0 saturated heterocycles. The summed E-state index contributed by atoms with van der Waals surface area (Å²) in [6.07, 6.45) is 0.829. The summed E-state index contributed by atoms with van der Waals surface area (Å²) in [6, 6.07) is 11.6. The molecule has 0 spiro atoms. The van der Waals surface area contributed by atoms with Gasteiger partial charge < -0.3 is 9.47 Å². The van der Waals surface area contributed by atoms with Crippen LogP contribution >= 0.6 is 0 Å². The molecule has 0 saturated carbocycles. The number of carbonyl (C=O) groups is 1. The largest absolute Gasteiger partial charge is 0.496 e. The van der Waals surface area contributed by atoms with Crippen LogP contribution in [0.4, 0.5) is 0 Å². The number of carbonyl (C=O) groups excluding carboxylic acids is 1. The minimum atomic E-state index is 0.369. The fraction of sp³-hybridized carbons (Fsp3) is 0.316. The van der Waals surface area contributed by atoms with Gasteiger partial charge in [-0.15, -0.1) is 0 Å². The third-order valence-electron chi connectivity index (χ3n) is 3.61. The molecule has 0 fully saturated rings. The lowest BCUT2D eigenvalue weighted by atomic mass is 10.0. The van der Waals surface area contributed by atoms with Gasteiger partial charge in [0.05, 0.1) is 7.11 Å². The van der Waals surface area contributed by atoms with E-state index in [1.54, 1.807) is 25.3 Å². The summed E-state index contributed by atoms with van der Waals surface area (Å²) in [5.41, 5.74) is 3.82. The molecule has 22 heavy (non-hydrogen) atoms. The van der Waals surface area contributed by atoms with Gasteiger partial charge in [0.25, 0.3) is 0 Å². The SMILES string of the molecule is COc1ccc(C=O)cc1COc1cc(C)ccc1C(C)C. The third-order valence-corrected chi connectivity index (χ3v) is 3.61. The molecule has 3 heteroatoms. The van der Waals surface area contributed by atoms with Crippen molar-refractivity contribution in [3.8, 4) is 11.5 Å². The van der Waals surface area contributed by atoms with Crippen LogP contribution in [0.2, 0.25) is 0 Å². The first-order valence-electron chi connectivity index (χ1n) is 7.40. The van der Waals surface area contributed by atoms with Crippen molar-refractivity contribution in [2.75, 3.05) is 7.11 Å². The quantitative estimate of drug-likeness (QED) is 0.736. The zero-order valence-corrected chi connectivity index (χ0v) is 13.6. The van der Waals surface area contributed by atoms with Crippen molar-refractivity contribution in [1.29, 1.82) is 0 Å². The lowest BCUT2D eigenvalue weighted by Gasteiger charge is -2.16. The maximum absolute atomic E-state index is 10.9. The molecule has 0 aliphatic rings. The molecule has 0 unspecified atom stereocenters. The minimum Gasteiger partial charge on any atom is -0.496 e. The second kappa shape index (κ2) is 7.12. The standard InChI is InChI=1S/C19H22O3/c1-13(2)17-7-5-14(3)9-19(17)22-12-16-10-15(11-20)6-8-18(16)21-4/h5-11,13H,12H2,1-4H3. The minimum absolute atomic E-state index is 0.369. The van der Waals surface area contributed by atoms with Crippen LogP contribution in [0.15, 0.2) is 36.4 Å². The van der Waals surface area contributed by atoms with Crippen molar-refractivity contribution in [2.45, 2.75) is 33.3 Å². The molecule has 0 aliphatic heterocycles. The van der Waals surface area contributed by atoms with Gasteiger partial charge in [0.15, 0.2) is 0 Å². The molecule has 0 N–H and O–H groups in total. The first-order chi connectivity index (χ1) is 10.5. The Morgan fingerprint density at radius 1 is 1.09 bits per heavy atom. The Morgan fingerprint density at radius 2 is 1.86 bits per heavy atom. The number of hydrogen-bond acceptors (Lipinski definition) is 3. The van der Waals surface area contributed by atoms with Gasteiger partial charge in [-0.05, 0) is 48.2 Å². The Labute approximate surface area is 131 Å². The summed E-state index contributed by atoms with van der Waals surface area (Å²) in [7, 11) is 1.62. The average Bonchev–Trinajstić information content (AvgIpc) is 2.52. The zero-order valence-electron chi connectivity index (χ0n) is 13.6. The van der Waals surface area contributed by atoms with Crippen LogP contribution in [0.1, 0.15) is 46.8 Å². The van der Waals surface area contributed by atoms with E-state index in [0.717, 1.165) is 28.9 Å². The normalized spacial score (nSPS) is 10.6. The molecule has 116 valence electrons. The number of aryl methyl sites for hydroxylation is 1. The lowest BCUT2D eigenvalue weighted by Crippen LogP contribution is -2.03. The van der Waals surface area contributed by atoms with Crippen LogP contribution in [0.3, 0.4) is 0 Å². The van der Waals surface area contributed by atoms with Gasteiger partial charge in [0, 0.05) is 11.1 Å². The molecule has 0 bridgehead atoms. The van der Waals surface area contributed by atoms with Gasteiger partial charge in [-0.25, -0.2) is 0 Å². The van der Waals surface area contributed by atoms with Crippen molar-refractivity contribution >= 4 is 6.29 Å². The molecule has 3 nitrogen and oxygen atoms in total. The number of methoxy groups -OCH3 is 1. The summed E-state index contributed by atoms with van der Waals surface area (Å²) in [5, 5.41) is 0. The molecule has 0 radical (unpaired) electrons. The Balaban J connectivity index is 2.26. The van der Waals surface area contributed by atoms with Gasteiger partial charge in [0.1, 0.15) is 24.4 Å². The molecular weight excluding hydrogens is 276 g/mol.